The molecule has 1 amide bonds. The number of fused-ring (bicyclic) bond motifs is 1. The number of amides is 1. The predicted molar refractivity (Wildman–Crippen MR) is 143 cm³/mol. The Labute approximate surface area is 217 Å². The molecule has 2 aromatic carbocycles. The minimum atomic E-state index is -0.187. The molecule has 10 heteroatoms. The molecule has 1 aliphatic heterocycles. The lowest BCUT2D eigenvalue weighted by Gasteiger charge is -2.34. The van der Waals surface area contributed by atoms with Gasteiger partial charge in [0.2, 0.25) is 10.9 Å². The molecule has 186 valence electrons. The van der Waals surface area contributed by atoms with Gasteiger partial charge in [0.15, 0.2) is 0 Å². The summed E-state index contributed by atoms with van der Waals surface area (Å²) in [6.45, 7) is 5.49. The molecule has 0 N–H and O–H groups in total. The zero-order valence-electron chi connectivity index (χ0n) is 20.2. The summed E-state index contributed by atoms with van der Waals surface area (Å²) in [6.07, 6.45) is 0. The third-order valence-electron chi connectivity index (χ3n) is 6.13. The fourth-order valence-corrected chi connectivity index (χ4v) is 5.77. The molecule has 0 unspecified atom stereocenters. The summed E-state index contributed by atoms with van der Waals surface area (Å²) in [5.41, 5.74) is 2.66. The molecule has 1 saturated heterocycles. The summed E-state index contributed by atoms with van der Waals surface area (Å²) in [5, 5.41) is 5.19. The minimum Gasteiger partial charge on any atom is -0.497 e. The predicted octanol–water partition coefficient (Wildman–Crippen LogP) is 3.57. The molecule has 0 spiro atoms. The first-order valence-corrected chi connectivity index (χ1v) is 13.5. The van der Waals surface area contributed by atoms with E-state index in [0.29, 0.717) is 30.3 Å². The van der Waals surface area contributed by atoms with Crippen molar-refractivity contribution in [1.82, 2.24) is 24.4 Å². The van der Waals surface area contributed by atoms with Gasteiger partial charge in [0.05, 0.1) is 18.6 Å². The third-order valence-corrected chi connectivity index (χ3v) is 8.08. The molecule has 1 fully saturated rings. The molecule has 0 bridgehead atoms. The lowest BCUT2D eigenvalue weighted by atomic mass is 10.2. The molecule has 0 atom stereocenters. The van der Waals surface area contributed by atoms with Crippen molar-refractivity contribution in [2.24, 2.45) is 0 Å². The number of carbonyl (C=O) groups excluding carboxylic acids is 1. The van der Waals surface area contributed by atoms with Crippen LogP contribution >= 0.6 is 23.1 Å². The van der Waals surface area contributed by atoms with Gasteiger partial charge in [-0.1, -0.05) is 29.0 Å². The van der Waals surface area contributed by atoms with Crippen molar-refractivity contribution in [2.45, 2.75) is 18.4 Å². The zero-order chi connectivity index (χ0) is 25.1. The molecular weight excluding hydrogens is 494 g/mol. The Bertz CT molecular complexity index is 1410. The molecule has 36 heavy (non-hydrogen) atoms. The first-order valence-electron chi connectivity index (χ1n) is 11.7. The summed E-state index contributed by atoms with van der Waals surface area (Å²) in [5.74, 6) is 1.37. The average molecular weight is 522 g/mol. The Hall–Kier alpha value is -3.21. The van der Waals surface area contributed by atoms with E-state index < -0.39 is 0 Å². The SMILES string of the molecule is COc1ccc(-c2nn3c(=O)cc(CN4CCN(C(=O)CSc5ccc(C)cc5)CC4)nc3s2)cc1. The molecule has 0 saturated carbocycles. The van der Waals surface area contributed by atoms with Crippen LogP contribution in [0.4, 0.5) is 0 Å². The molecule has 2 aromatic heterocycles. The summed E-state index contributed by atoms with van der Waals surface area (Å²) in [6, 6.07) is 17.4. The van der Waals surface area contributed by atoms with Gasteiger partial charge in [-0.2, -0.15) is 9.61 Å². The number of hydrogen-bond donors (Lipinski definition) is 0. The van der Waals surface area contributed by atoms with E-state index in [2.05, 4.69) is 41.2 Å². The Morgan fingerprint density at radius 1 is 1.06 bits per heavy atom. The highest BCUT2D eigenvalue weighted by atomic mass is 32.2. The first-order chi connectivity index (χ1) is 17.5. The summed E-state index contributed by atoms with van der Waals surface area (Å²) < 4.78 is 6.57. The summed E-state index contributed by atoms with van der Waals surface area (Å²) in [4.78, 5) is 35.9. The van der Waals surface area contributed by atoms with E-state index in [4.69, 9.17) is 9.72 Å². The number of thioether (sulfide) groups is 1. The van der Waals surface area contributed by atoms with Crippen molar-refractivity contribution in [3.05, 3.63) is 76.2 Å². The van der Waals surface area contributed by atoms with Gasteiger partial charge in [-0.15, -0.1) is 11.8 Å². The number of hydrogen-bond acceptors (Lipinski definition) is 8. The number of aryl methyl sites for hydroxylation is 1. The van der Waals surface area contributed by atoms with Gasteiger partial charge in [-0.3, -0.25) is 14.5 Å². The maximum absolute atomic E-state index is 12.7. The maximum atomic E-state index is 12.7. The van der Waals surface area contributed by atoms with Gasteiger partial charge in [-0.25, -0.2) is 4.98 Å². The van der Waals surface area contributed by atoms with Gasteiger partial charge in [-0.05, 0) is 43.3 Å². The van der Waals surface area contributed by atoms with Gasteiger partial charge in [0.1, 0.15) is 10.8 Å². The van der Waals surface area contributed by atoms with Crippen LogP contribution in [0.15, 0.2) is 64.3 Å². The zero-order valence-corrected chi connectivity index (χ0v) is 21.8. The highest BCUT2D eigenvalue weighted by Crippen LogP contribution is 2.26. The van der Waals surface area contributed by atoms with Crippen molar-refractivity contribution in [1.29, 1.82) is 0 Å². The lowest BCUT2D eigenvalue weighted by molar-refractivity contribution is -0.130. The van der Waals surface area contributed by atoms with E-state index >= 15 is 0 Å². The third kappa shape index (κ3) is 5.61. The molecule has 0 aliphatic carbocycles. The molecule has 3 heterocycles. The Balaban J connectivity index is 1.18. The van der Waals surface area contributed by atoms with E-state index in [1.165, 1.54) is 21.4 Å². The van der Waals surface area contributed by atoms with Crippen molar-refractivity contribution >= 4 is 34.0 Å². The summed E-state index contributed by atoms with van der Waals surface area (Å²) in [7, 11) is 1.63. The van der Waals surface area contributed by atoms with Gasteiger partial charge >= 0.3 is 0 Å². The van der Waals surface area contributed by atoms with Crippen LogP contribution in [-0.2, 0) is 11.3 Å². The number of ether oxygens (including phenoxy) is 1. The number of piperazine rings is 1. The van der Waals surface area contributed by atoms with Crippen molar-refractivity contribution in [3.63, 3.8) is 0 Å². The number of nitrogens with zero attached hydrogens (tertiary/aromatic N) is 5. The lowest BCUT2D eigenvalue weighted by Crippen LogP contribution is -2.49. The molecule has 4 aromatic rings. The Morgan fingerprint density at radius 2 is 1.78 bits per heavy atom. The van der Waals surface area contributed by atoms with Crippen molar-refractivity contribution in [2.75, 3.05) is 39.0 Å². The topological polar surface area (TPSA) is 80.0 Å². The van der Waals surface area contributed by atoms with Crippen LogP contribution < -0.4 is 10.3 Å². The maximum Gasteiger partial charge on any atom is 0.275 e. The Morgan fingerprint density at radius 3 is 2.47 bits per heavy atom. The van der Waals surface area contributed by atoms with Gasteiger partial charge in [0.25, 0.3) is 5.56 Å². The summed E-state index contributed by atoms with van der Waals surface area (Å²) >= 11 is 2.97. The van der Waals surface area contributed by atoms with E-state index in [0.717, 1.165) is 40.0 Å². The normalized spacial score (nSPS) is 14.3. The monoisotopic (exact) mass is 521 g/mol. The van der Waals surface area contributed by atoms with Crippen LogP contribution in [0.2, 0.25) is 0 Å². The second-order valence-electron chi connectivity index (χ2n) is 8.67. The minimum absolute atomic E-state index is 0.161. The fraction of sp³-hybridized carbons (Fsp3) is 0.308. The van der Waals surface area contributed by atoms with Crippen LogP contribution in [0, 0.1) is 6.92 Å². The van der Waals surface area contributed by atoms with Crippen LogP contribution in [0.25, 0.3) is 15.5 Å². The number of rotatable bonds is 7. The van der Waals surface area contributed by atoms with Gasteiger partial charge < -0.3 is 9.64 Å². The average Bonchev–Trinajstić information content (AvgIpc) is 3.33. The second kappa shape index (κ2) is 10.8. The highest BCUT2D eigenvalue weighted by Gasteiger charge is 2.22. The van der Waals surface area contributed by atoms with Crippen LogP contribution in [0.5, 0.6) is 5.75 Å². The quantitative estimate of drug-likeness (QED) is 0.344. The van der Waals surface area contributed by atoms with Crippen molar-refractivity contribution < 1.29 is 9.53 Å². The van der Waals surface area contributed by atoms with Crippen LogP contribution in [-0.4, -0.2) is 69.3 Å². The first kappa shape index (κ1) is 24.5. The second-order valence-corrected chi connectivity index (χ2v) is 10.7. The molecule has 0 radical (unpaired) electrons. The standard InChI is InChI=1S/C26H27N5O3S2/c1-18-3-9-22(10-4-18)35-17-24(33)30-13-11-29(12-14-30)16-20-15-23(32)31-26(27-20)36-25(28-31)19-5-7-21(34-2)8-6-19/h3-10,15H,11-14,16-17H2,1-2H3. The van der Waals surface area contributed by atoms with E-state index in [1.807, 2.05) is 29.2 Å². The van der Waals surface area contributed by atoms with E-state index in [1.54, 1.807) is 24.9 Å². The smallest absolute Gasteiger partial charge is 0.275 e. The van der Waals surface area contributed by atoms with E-state index in [9.17, 15) is 9.59 Å². The molecule has 1 aliphatic rings. The number of methoxy groups -OCH3 is 1. The number of aromatic nitrogens is 3. The largest absolute Gasteiger partial charge is 0.497 e. The fourth-order valence-electron chi connectivity index (χ4n) is 4.04. The van der Waals surface area contributed by atoms with Crippen LogP contribution in [0.1, 0.15) is 11.3 Å². The molecule has 5 rings (SSSR count). The number of benzene rings is 2. The van der Waals surface area contributed by atoms with Crippen molar-refractivity contribution in [3.8, 4) is 16.3 Å². The Kier molecular flexibility index (Phi) is 7.35. The van der Waals surface area contributed by atoms with E-state index in [-0.39, 0.29) is 11.5 Å². The highest BCUT2D eigenvalue weighted by molar-refractivity contribution is 8.00. The number of carbonyl (C=O) groups is 1. The molecule has 8 nitrogen and oxygen atoms in total. The van der Waals surface area contributed by atoms with Crippen LogP contribution in [0.3, 0.4) is 0 Å². The molecular formula is C26H27N5O3S2. The van der Waals surface area contributed by atoms with Gasteiger partial charge in [0, 0.05) is 49.2 Å².